The molecule has 0 aromatic heterocycles. The van der Waals surface area contributed by atoms with Crippen LogP contribution in [-0.2, 0) is 16.1 Å². The minimum Gasteiger partial charge on any atom is -0.396 e. The molecule has 158 valence electrons. The van der Waals surface area contributed by atoms with E-state index in [-0.39, 0.29) is 29.6 Å². The van der Waals surface area contributed by atoms with Crippen LogP contribution >= 0.6 is 0 Å². The molecule has 28 heavy (non-hydrogen) atoms. The Morgan fingerprint density at radius 3 is 2.50 bits per heavy atom. The van der Waals surface area contributed by atoms with Crippen LogP contribution in [0.2, 0.25) is 0 Å². The van der Waals surface area contributed by atoms with Gasteiger partial charge in [-0.1, -0.05) is 44.2 Å². The van der Waals surface area contributed by atoms with Gasteiger partial charge < -0.3 is 10.4 Å². The smallest absolute Gasteiger partial charge is 0.220 e. The largest absolute Gasteiger partial charge is 0.396 e. The first-order chi connectivity index (χ1) is 13.4. The van der Waals surface area contributed by atoms with Crippen molar-refractivity contribution in [1.29, 1.82) is 0 Å². The number of nitrogens with zero attached hydrogens (tertiary/aromatic N) is 1. The zero-order valence-corrected chi connectivity index (χ0v) is 18.0. The van der Waals surface area contributed by atoms with Crippen molar-refractivity contribution in [3.63, 3.8) is 0 Å². The van der Waals surface area contributed by atoms with Crippen LogP contribution in [0.3, 0.4) is 0 Å². The first kappa shape index (κ1) is 22.9. The molecule has 1 aliphatic rings. The number of piperidine rings is 1. The fraction of sp³-hybridized carbons (Fsp3) is 0.696. The van der Waals surface area contributed by atoms with Crippen LogP contribution in [0.4, 0.5) is 0 Å². The molecule has 1 amide bonds. The minimum absolute atomic E-state index is 0.0365. The second kappa shape index (κ2) is 10.4. The minimum atomic E-state index is -0.171. The van der Waals surface area contributed by atoms with Crippen molar-refractivity contribution >= 4 is 5.91 Å². The highest BCUT2D eigenvalue weighted by Crippen LogP contribution is 2.43. The molecule has 5 heteroatoms. The average Bonchev–Trinajstić information content (AvgIpc) is 2.68. The summed E-state index contributed by atoms with van der Waals surface area (Å²) in [5.74, 6) is 0.0365. The summed E-state index contributed by atoms with van der Waals surface area (Å²) in [4.78, 5) is 18.6. The van der Waals surface area contributed by atoms with Gasteiger partial charge in [-0.15, -0.1) is 0 Å². The van der Waals surface area contributed by atoms with Crippen molar-refractivity contribution in [2.24, 2.45) is 0 Å². The van der Waals surface area contributed by atoms with Gasteiger partial charge in [-0.05, 0) is 57.9 Å². The second-order valence-electron chi connectivity index (χ2n) is 8.61. The van der Waals surface area contributed by atoms with Crippen LogP contribution in [0, 0.1) is 0 Å². The Balaban J connectivity index is 2.06. The molecule has 1 aliphatic heterocycles. The first-order valence-corrected chi connectivity index (χ1v) is 10.7. The van der Waals surface area contributed by atoms with E-state index in [1.807, 2.05) is 6.07 Å². The van der Waals surface area contributed by atoms with Gasteiger partial charge in [-0.3, -0.25) is 9.63 Å². The van der Waals surface area contributed by atoms with Crippen molar-refractivity contribution in [3.05, 3.63) is 35.9 Å². The molecule has 5 nitrogen and oxygen atoms in total. The molecule has 2 N–H and O–H groups in total. The van der Waals surface area contributed by atoms with E-state index in [0.29, 0.717) is 19.4 Å². The number of hydroxylamine groups is 2. The van der Waals surface area contributed by atoms with Crippen LogP contribution in [0.1, 0.15) is 71.8 Å². The van der Waals surface area contributed by atoms with E-state index < -0.39 is 0 Å². The highest BCUT2D eigenvalue weighted by molar-refractivity contribution is 5.76. The number of rotatable bonds is 10. The molecule has 1 heterocycles. The lowest BCUT2D eigenvalue weighted by atomic mass is 9.74. The number of nitrogens with one attached hydrogen (secondary N) is 1. The van der Waals surface area contributed by atoms with E-state index >= 15 is 0 Å². The van der Waals surface area contributed by atoms with Gasteiger partial charge >= 0.3 is 0 Å². The normalized spacial score (nSPS) is 21.4. The Hall–Kier alpha value is -1.43. The molecule has 1 fully saturated rings. The molecule has 1 aromatic rings. The summed E-state index contributed by atoms with van der Waals surface area (Å²) in [5, 5.41) is 14.4. The predicted molar refractivity (Wildman–Crippen MR) is 113 cm³/mol. The fourth-order valence-corrected chi connectivity index (χ4v) is 4.62. The summed E-state index contributed by atoms with van der Waals surface area (Å²) in [7, 11) is 0. The van der Waals surface area contributed by atoms with E-state index in [0.717, 1.165) is 32.1 Å². The quantitative estimate of drug-likeness (QED) is 0.637. The lowest BCUT2D eigenvalue weighted by Gasteiger charge is -2.56. The summed E-state index contributed by atoms with van der Waals surface area (Å²) in [6, 6.07) is 10.6. The molecule has 1 aromatic carbocycles. The summed E-state index contributed by atoms with van der Waals surface area (Å²) >= 11 is 0. The maximum Gasteiger partial charge on any atom is 0.220 e. The highest BCUT2D eigenvalue weighted by Gasteiger charge is 2.50. The van der Waals surface area contributed by atoms with Crippen LogP contribution in [-0.4, -0.2) is 46.4 Å². The number of hydrogen-bond donors (Lipinski definition) is 2. The van der Waals surface area contributed by atoms with E-state index in [1.54, 1.807) is 0 Å². The SMILES string of the molecule is CCC1(CC)CC(NC(=O)CCCO)CC(C)(C)N1OCCc1ccccc1. The third-order valence-corrected chi connectivity index (χ3v) is 6.05. The van der Waals surface area contributed by atoms with Crippen LogP contribution in [0.15, 0.2) is 30.3 Å². The molecule has 0 spiro atoms. The number of hydrogen-bond acceptors (Lipinski definition) is 4. The van der Waals surface area contributed by atoms with Gasteiger partial charge in [-0.2, -0.15) is 5.06 Å². The number of amides is 1. The van der Waals surface area contributed by atoms with Crippen LogP contribution in [0.5, 0.6) is 0 Å². The van der Waals surface area contributed by atoms with Gasteiger partial charge in [0.05, 0.1) is 6.61 Å². The van der Waals surface area contributed by atoms with Crippen LogP contribution in [0.25, 0.3) is 0 Å². The molecular formula is C23H38N2O3. The number of carbonyl (C=O) groups excluding carboxylic acids is 1. The topological polar surface area (TPSA) is 61.8 Å². The van der Waals surface area contributed by atoms with Gasteiger partial charge in [-0.25, -0.2) is 0 Å². The zero-order valence-electron chi connectivity index (χ0n) is 18.0. The Bertz CT molecular complexity index is 599. The molecule has 0 aliphatic carbocycles. The van der Waals surface area contributed by atoms with Crippen molar-refractivity contribution in [2.45, 2.75) is 89.8 Å². The van der Waals surface area contributed by atoms with Gasteiger partial charge in [0.2, 0.25) is 5.91 Å². The third-order valence-electron chi connectivity index (χ3n) is 6.05. The summed E-state index contributed by atoms with van der Waals surface area (Å²) in [6.45, 7) is 9.55. The van der Waals surface area contributed by atoms with E-state index in [1.165, 1.54) is 5.56 Å². The maximum absolute atomic E-state index is 12.2. The van der Waals surface area contributed by atoms with Crippen molar-refractivity contribution in [1.82, 2.24) is 10.4 Å². The molecule has 0 bridgehead atoms. The second-order valence-corrected chi connectivity index (χ2v) is 8.61. The van der Waals surface area contributed by atoms with E-state index in [4.69, 9.17) is 9.94 Å². The lowest BCUT2D eigenvalue weighted by Crippen LogP contribution is -2.66. The van der Waals surface area contributed by atoms with Crippen LogP contribution < -0.4 is 5.32 Å². The molecule has 0 radical (unpaired) electrons. The summed E-state index contributed by atoms with van der Waals surface area (Å²) < 4.78 is 0. The Morgan fingerprint density at radius 2 is 1.89 bits per heavy atom. The Morgan fingerprint density at radius 1 is 1.21 bits per heavy atom. The van der Waals surface area contributed by atoms with Gasteiger partial charge in [0, 0.05) is 30.1 Å². The monoisotopic (exact) mass is 390 g/mol. The fourth-order valence-electron chi connectivity index (χ4n) is 4.62. The molecule has 0 saturated carbocycles. The van der Waals surface area contributed by atoms with E-state index in [2.05, 4.69) is 62.3 Å². The standard InChI is InChI=1S/C23H38N2O3/c1-5-23(6-2)18-20(24-21(27)13-10-15-26)17-22(3,4)25(23)28-16-14-19-11-8-7-9-12-19/h7-9,11-12,20,26H,5-6,10,13-18H2,1-4H3,(H,24,27). The first-order valence-electron chi connectivity index (χ1n) is 10.7. The summed E-state index contributed by atoms with van der Waals surface area (Å²) in [6.07, 6.45) is 5.48. The Labute approximate surface area is 170 Å². The van der Waals surface area contributed by atoms with Crippen molar-refractivity contribution in [3.8, 4) is 0 Å². The van der Waals surface area contributed by atoms with E-state index in [9.17, 15) is 4.79 Å². The molecule has 1 saturated heterocycles. The molecular weight excluding hydrogens is 352 g/mol. The van der Waals surface area contributed by atoms with Gasteiger partial charge in [0.1, 0.15) is 0 Å². The van der Waals surface area contributed by atoms with Gasteiger partial charge in [0.25, 0.3) is 0 Å². The summed E-state index contributed by atoms with van der Waals surface area (Å²) in [5.41, 5.74) is 1.02. The molecule has 2 rings (SSSR count). The number of aliphatic hydroxyl groups excluding tert-OH is 1. The maximum atomic E-state index is 12.2. The lowest BCUT2D eigenvalue weighted by molar-refractivity contribution is -0.293. The predicted octanol–water partition coefficient (Wildman–Crippen LogP) is 3.85. The Kier molecular flexibility index (Phi) is 8.47. The molecule has 1 unspecified atom stereocenters. The zero-order chi connectivity index (χ0) is 20.6. The van der Waals surface area contributed by atoms with Gasteiger partial charge in [0.15, 0.2) is 0 Å². The van der Waals surface area contributed by atoms with Crippen molar-refractivity contribution in [2.75, 3.05) is 13.2 Å². The molecule has 1 atom stereocenters. The number of aliphatic hydroxyl groups is 1. The third kappa shape index (κ3) is 5.79. The van der Waals surface area contributed by atoms with Crippen molar-refractivity contribution < 1.29 is 14.7 Å². The number of carbonyl (C=O) groups is 1. The average molecular weight is 391 g/mol. The highest BCUT2D eigenvalue weighted by atomic mass is 16.7. The number of benzene rings is 1.